The molecule has 3 heteroatoms. The summed E-state index contributed by atoms with van der Waals surface area (Å²) < 4.78 is 13.4. The van der Waals surface area contributed by atoms with E-state index >= 15 is 0 Å². The van der Waals surface area contributed by atoms with Gasteiger partial charge < -0.3 is 4.90 Å². The minimum absolute atomic E-state index is 0.169. The zero-order chi connectivity index (χ0) is 14.1. The van der Waals surface area contributed by atoms with E-state index in [0.717, 1.165) is 49.8 Å². The largest absolute Gasteiger partial charge is 0.309 e. The number of carbonyl (C=O) groups excluding carboxylic acids is 1. The summed E-state index contributed by atoms with van der Waals surface area (Å²) in [6.07, 6.45) is 7.39. The van der Waals surface area contributed by atoms with Crippen molar-refractivity contribution >= 4 is 11.6 Å². The third kappa shape index (κ3) is 2.46. The van der Waals surface area contributed by atoms with Crippen LogP contribution in [0.2, 0.25) is 0 Å². The van der Waals surface area contributed by atoms with Crippen LogP contribution in [-0.2, 0) is 11.2 Å². The van der Waals surface area contributed by atoms with Gasteiger partial charge in [0.15, 0.2) is 0 Å². The van der Waals surface area contributed by atoms with Gasteiger partial charge in [-0.25, -0.2) is 4.39 Å². The van der Waals surface area contributed by atoms with Crippen molar-refractivity contribution in [3.8, 4) is 0 Å². The number of rotatable bonds is 1. The molecule has 1 fully saturated rings. The summed E-state index contributed by atoms with van der Waals surface area (Å²) in [7, 11) is 0. The Morgan fingerprint density at radius 1 is 1.20 bits per heavy atom. The zero-order valence-corrected chi connectivity index (χ0v) is 12.1. The van der Waals surface area contributed by atoms with Gasteiger partial charge in [0, 0.05) is 17.6 Å². The molecule has 20 heavy (non-hydrogen) atoms. The lowest BCUT2D eigenvalue weighted by molar-refractivity contribution is -0.123. The van der Waals surface area contributed by atoms with E-state index in [0.29, 0.717) is 0 Å². The van der Waals surface area contributed by atoms with Gasteiger partial charge >= 0.3 is 0 Å². The number of anilines is 1. The Hall–Kier alpha value is -1.38. The molecule has 1 atom stereocenters. The first-order chi connectivity index (χ1) is 9.66. The van der Waals surface area contributed by atoms with Gasteiger partial charge in [0.05, 0.1) is 0 Å². The molecule has 3 rings (SSSR count). The van der Waals surface area contributed by atoms with Crippen LogP contribution in [0.4, 0.5) is 10.1 Å². The van der Waals surface area contributed by atoms with Gasteiger partial charge in [0.1, 0.15) is 5.82 Å². The molecule has 1 amide bonds. The van der Waals surface area contributed by atoms with Crippen LogP contribution in [0.15, 0.2) is 18.2 Å². The van der Waals surface area contributed by atoms with Crippen LogP contribution in [0.1, 0.15) is 51.0 Å². The van der Waals surface area contributed by atoms with Crippen molar-refractivity contribution in [3.05, 3.63) is 29.6 Å². The Balaban J connectivity index is 1.90. The summed E-state index contributed by atoms with van der Waals surface area (Å²) in [5.74, 6) is 0.218. The molecule has 1 aliphatic heterocycles. The van der Waals surface area contributed by atoms with Crippen LogP contribution in [0.3, 0.4) is 0 Å². The summed E-state index contributed by atoms with van der Waals surface area (Å²) in [6, 6.07) is 5.06. The Morgan fingerprint density at radius 2 is 1.95 bits per heavy atom. The standard InChI is InChI=1S/C17H22FNO/c1-12-7-8-14-11-15(18)9-10-16(14)19(12)17(20)13-5-3-2-4-6-13/h9-13H,2-8H2,1H3/t12-/m0/s1. The van der Waals surface area contributed by atoms with Crippen LogP contribution < -0.4 is 4.90 Å². The lowest BCUT2D eigenvalue weighted by Crippen LogP contribution is -2.45. The Morgan fingerprint density at radius 3 is 2.70 bits per heavy atom. The third-order valence-electron chi connectivity index (χ3n) is 4.77. The molecule has 0 bridgehead atoms. The molecule has 1 saturated carbocycles. The van der Waals surface area contributed by atoms with E-state index in [4.69, 9.17) is 0 Å². The topological polar surface area (TPSA) is 20.3 Å². The van der Waals surface area contributed by atoms with Crippen molar-refractivity contribution < 1.29 is 9.18 Å². The highest BCUT2D eigenvalue weighted by Crippen LogP contribution is 2.35. The van der Waals surface area contributed by atoms with E-state index in [-0.39, 0.29) is 23.7 Å². The summed E-state index contributed by atoms with van der Waals surface area (Å²) in [5, 5.41) is 0. The molecular formula is C17H22FNO. The molecule has 0 N–H and O–H groups in total. The highest BCUT2D eigenvalue weighted by molar-refractivity contribution is 5.96. The second kappa shape index (κ2) is 5.55. The number of amides is 1. The fourth-order valence-corrected chi connectivity index (χ4v) is 3.60. The molecule has 0 saturated heterocycles. The SMILES string of the molecule is C[C@H]1CCc2cc(F)ccc2N1C(=O)C1CCCCC1. The number of benzene rings is 1. The lowest BCUT2D eigenvalue weighted by Gasteiger charge is -2.38. The fourth-order valence-electron chi connectivity index (χ4n) is 3.60. The van der Waals surface area contributed by atoms with Crippen LogP contribution >= 0.6 is 0 Å². The number of hydrogen-bond acceptors (Lipinski definition) is 1. The maximum absolute atomic E-state index is 13.4. The zero-order valence-electron chi connectivity index (χ0n) is 12.1. The van der Waals surface area contributed by atoms with Crippen molar-refractivity contribution in [1.29, 1.82) is 0 Å². The first-order valence-corrected chi connectivity index (χ1v) is 7.78. The lowest BCUT2D eigenvalue weighted by atomic mass is 9.86. The number of aryl methyl sites for hydroxylation is 1. The third-order valence-corrected chi connectivity index (χ3v) is 4.77. The van der Waals surface area contributed by atoms with E-state index in [1.165, 1.54) is 12.5 Å². The van der Waals surface area contributed by atoms with Gasteiger partial charge in [-0.05, 0) is 56.4 Å². The monoisotopic (exact) mass is 275 g/mol. The van der Waals surface area contributed by atoms with Crippen molar-refractivity contribution in [2.45, 2.75) is 57.9 Å². The average Bonchev–Trinajstić information content (AvgIpc) is 2.48. The number of carbonyl (C=O) groups is 1. The van der Waals surface area contributed by atoms with Crippen LogP contribution in [0.5, 0.6) is 0 Å². The maximum atomic E-state index is 13.4. The number of hydrogen-bond donors (Lipinski definition) is 0. The Bertz CT molecular complexity index is 508. The Kier molecular flexibility index (Phi) is 3.77. The van der Waals surface area contributed by atoms with E-state index in [1.807, 2.05) is 4.90 Å². The number of halogens is 1. The summed E-state index contributed by atoms with van der Waals surface area (Å²) in [5.41, 5.74) is 1.91. The highest BCUT2D eigenvalue weighted by atomic mass is 19.1. The minimum Gasteiger partial charge on any atom is -0.309 e. The first kappa shape index (κ1) is 13.6. The molecule has 1 aliphatic carbocycles. The van der Waals surface area contributed by atoms with Gasteiger partial charge in [-0.15, -0.1) is 0 Å². The number of nitrogens with zero attached hydrogens (tertiary/aromatic N) is 1. The van der Waals surface area contributed by atoms with E-state index in [9.17, 15) is 9.18 Å². The van der Waals surface area contributed by atoms with Gasteiger partial charge in [-0.3, -0.25) is 4.79 Å². The highest BCUT2D eigenvalue weighted by Gasteiger charge is 2.33. The van der Waals surface area contributed by atoms with E-state index < -0.39 is 0 Å². The molecule has 1 heterocycles. The van der Waals surface area contributed by atoms with Crippen molar-refractivity contribution in [2.24, 2.45) is 5.92 Å². The van der Waals surface area contributed by atoms with Crippen LogP contribution in [-0.4, -0.2) is 11.9 Å². The average molecular weight is 275 g/mol. The van der Waals surface area contributed by atoms with Gasteiger partial charge in [-0.1, -0.05) is 19.3 Å². The number of fused-ring (bicyclic) bond motifs is 1. The summed E-state index contributed by atoms with van der Waals surface area (Å²) in [4.78, 5) is 14.8. The molecule has 0 aromatic heterocycles. The van der Waals surface area contributed by atoms with Gasteiger partial charge in [0.25, 0.3) is 0 Å². The van der Waals surface area contributed by atoms with Crippen LogP contribution in [0.25, 0.3) is 0 Å². The van der Waals surface area contributed by atoms with Gasteiger partial charge in [-0.2, -0.15) is 0 Å². The molecular weight excluding hydrogens is 253 g/mol. The molecule has 2 nitrogen and oxygen atoms in total. The van der Waals surface area contributed by atoms with E-state index in [2.05, 4.69) is 6.92 Å². The van der Waals surface area contributed by atoms with Crippen molar-refractivity contribution in [3.63, 3.8) is 0 Å². The first-order valence-electron chi connectivity index (χ1n) is 7.78. The van der Waals surface area contributed by atoms with Crippen LogP contribution in [0, 0.1) is 11.7 Å². The second-order valence-corrected chi connectivity index (χ2v) is 6.20. The quantitative estimate of drug-likeness (QED) is 0.756. The second-order valence-electron chi connectivity index (χ2n) is 6.20. The smallest absolute Gasteiger partial charge is 0.230 e. The summed E-state index contributed by atoms with van der Waals surface area (Å²) in [6.45, 7) is 2.10. The predicted octanol–water partition coefficient (Wildman–Crippen LogP) is 4.07. The molecule has 1 aromatic rings. The molecule has 1 aromatic carbocycles. The fraction of sp³-hybridized carbons (Fsp3) is 0.588. The maximum Gasteiger partial charge on any atom is 0.230 e. The van der Waals surface area contributed by atoms with E-state index in [1.54, 1.807) is 12.1 Å². The van der Waals surface area contributed by atoms with Crippen molar-refractivity contribution in [1.82, 2.24) is 0 Å². The van der Waals surface area contributed by atoms with Gasteiger partial charge in [0.2, 0.25) is 5.91 Å². The molecule has 0 radical (unpaired) electrons. The normalized spacial score (nSPS) is 23.5. The Labute approximate surface area is 120 Å². The van der Waals surface area contributed by atoms with Crippen molar-refractivity contribution in [2.75, 3.05) is 4.90 Å². The summed E-state index contributed by atoms with van der Waals surface area (Å²) >= 11 is 0. The molecule has 0 spiro atoms. The minimum atomic E-state index is -0.205. The predicted molar refractivity (Wildman–Crippen MR) is 78.2 cm³/mol. The molecule has 2 aliphatic rings. The molecule has 0 unspecified atom stereocenters. The molecule has 108 valence electrons.